The summed E-state index contributed by atoms with van der Waals surface area (Å²) in [4.78, 5) is 21.9. The number of rotatable bonds is 3. The molecule has 0 aromatic carbocycles. The quantitative estimate of drug-likeness (QED) is 0.924. The molecule has 1 fully saturated rings. The summed E-state index contributed by atoms with van der Waals surface area (Å²) in [6.45, 7) is 3.27. The van der Waals surface area contributed by atoms with Crippen molar-refractivity contribution in [3.8, 4) is 0 Å². The topological polar surface area (TPSA) is 75.9 Å². The third-order valence-corrected chi connectivity index (χ3v) is 3.62. The SMILES string of the molecule is CC(=O)Nc1ccnn1C1CCN(c2ncccn2)CC1. The van der Waals surface area contributed by atoms with Gasteiger partial charge in [-0.05, 0) is 18.9 Å². The van der Waals surface area contributed by atoms with Gasteiger partial charge in [0.15, 0.2) is 0 Å². The number of piperidine rings is 1. The van der Waals surface area contributed by atoms with Gasteiger partial charge in [-0.3, -0.25) is 4.79 Å². The van der Waals surface area contributed by atoms with E-state index < -0.39 is 0 Å². The van der Waals surface area contributed by atoms with E-state index in [0.29, 0.717) is 6.04 Å². The summed E-state index contributed by atoms with van der Waals surface area (Å²) in [5.74, 6) is 1.46. The first-order valence-corrected chi connectivity index (χ1v) is 7.07. The summed E-state index contributed by atoms with van der Waals surface area (Å²) in [6, 6.07) is 3.94. The highest BCUT2D eigenvalue weighted by atomic mass is 16.1. The van der Waals surface area contributed by atoms with E-state index >= 15 is 0 Å². The molecular weight excluding hydrogens is 268 g/mol. The third kappa shape index (κ3) is 3.01. The fourth-order valence-corrected chi connectivity index (χ4v) is 2.65. The predicted molar refractivity (Wildman–Crippen MR) is 79.0 cm³/mol. The van der Waals surface area contributed by atoms with E-state index in [4.69, 9.17) is 0 Å². The molecule has 0 unspecified atom stereocenters. The second kappa shape index (κ2) is 5.90. The summed E-state index contributed by atoms with van der Waals surface area (Å²) in [6.07, 6.45) is 7.14. The Bertz CT molecular complexity index is 603. The van der Waals surface area contributed by atoms with Crippen LogP contribution in [0.4, 0.5) is 11.8 Å². The molecule has 1 amide bonds. The van der Waals surface area contributed by atoms with Crippen molar-refractivity contribution >= 4 is 17.7 Å². The third-order valence-electron chi connectivity index (χ3n) is 3.62. The van der Waals surface area contributed by atoms with Crippen LogP contribution in [-0.4, -0.2) is 38.7 Å². The van der Waals surface area contributed by atoms with Crippen LogP contribution in [0.25, 0.3) is 0 Å². The van der Waals surface area contributed by atoms with Gasteiger partial charge < -0.3 is 10.2 Å². The molecule has 0 saturated carbocycles. The smallest absolute Gasteiger partial charge is 0.225 e. The lowest BCUT2D eigenvalue weighted by Crippen LogP contribution is -2.36. The van der Waals surface area contributed by atoms with E-state index in [1.54, 1.807) is 18.6 Å². The number of nitrogens with one attached hydrogen (secondary N) is 1. The Morgan fingerprint density at radius 3 is 2.62 bits per heavy atom. The van der Waals surface area contributed by atoms with Gasteiger partial charge in [-0.1, -0.05) is 0 Å². The fraction of sp³-hybridized carbons (Fsp3) is 0.429. The second-order valence-corrected chi connectivity index (χ2v) is 5.11. The number of amides is 1. The van der Waals surface area contributed by atoms with Crippen LogP contribution in [0.2, 0.25) is 0 Å². The molecule has 0 aliphatic carbocycles. The maximum atomic E-state index is 11.2. The van der Waals surface area contributed by atoms with Crippen molar-refractivity contribution in [2.45, 2.75) is 25.8 Å². The minimum Gasteiger partial charge on any atom is -0.341 e. The first kappa shape index (κ1) is 13.5. The molecule has 7 nitrogen and oxygen atoms in total. The van der Waals surface area contributed by atoms with Crippen LogP contribution < -0.4 is 10.2 Å². The molecule has 1 aliphatic rings. The molecule has 21 heavy (non-hydrogen) atoms. The summed E-state index contributed by atoms with van der Waals surface area (Å²) < 4.78 is 1.91. The zero-order valence-electron chi connectivity index (χ0n) is 11.9. The van der Waals surface area contributed by atoms with Crippen LogP contribution in [0.15, 0.2) is 30.7 Å². The van der Waals surface area contributed by atoms with Gasteiger partial charge in [0, 0.05) is 38.5 Å². The first-order chi connectivity index (χ1) is 10.2. The van der Waals surface area contributed by atoms with Crippen LogP contribution in [0.1, 0.15) is 25.8 Å². The monoisotopic (exact) mass is 286 g/mol. The number of hydrogen-bond donors (Lipinski definition) is 1. The van der Waals surface area contributed by atoms with Crippen molar-refractivity contribution < 1.29 is 4.79 Å². The molecule has 0 spiro atoms. The number of nitrogens with zero attached hydrogens (tertiary/aromatic N) is 5. The van der Waals surface area contributed by atoms with Crippen LogP contribution in [0.5, 0.6) is 0 Å². The number of carbonyl (C=O) groups excluding carboxylic acids is 1. The van der Waals surface area contributed by atoms with Crippen LogP contribution >= 0.6 is 0 Å². The Labute approximate surface area is 123 Å². The molecule has 7 heteroatoms. The van der Waals surface area contributed by atoms with Crippen molar-refractivity contribution in [3.63, 3.8) is 0 Å². The highest BCUT2D eigenvalue weighted by molar-refractivity contribution is 5.87. The van der Waals surface area contributed by atoms with E-state index in [2.05, 4.69) is 25.3 Å². The lowest BCUT2D eigenvalue weighted by Gasteiger charge is -2.32. The maximum Gasteiger partial charge on any atom is 0.225 e. The fourth-order valence-electron chi connectivity index (χ4n) is 2.65. The van der Waals surface area contributed by atoms with Gasteiger partial charge in [0.2, 0.25) is 11.9 Å². The van der Waals surface area contributed by atoms with E-state index in [1.807, 2.05) is 16.8 Å². The van der Waals surface area contributed by atoms with Gasteiger partial charge in [-0.2, -0.15) is 5.10 Å². The van der Waals surface area contributed by atoms with E-state index in [1.165, 1.54) is 6.92 Å². The Morgan fingerprint density at radius 2 is 1.95 bits per heavy atom. The van der Waals surface area contributed by atoms with Gasteiger partial charge in [-0.25, -0.2) is 14.6 Å². The number of aromatic nitrogens is 4. The highest BCUT2D eigenvalue weighted by Crippen LogP contribution is 2.26. The summed E-state index contributed by atoms with van der Waals surface area (Å²) in [5, 5.41) is 7.16. The molecule has 0 radical (unpaired) electrons. The predicted octanol–water partition coefficient (Wildman–Crippen LogP) is 1.47. The molecular formula is C14H18N6O. The van der Waals surface area contributed by atoms with Crippen molar-refractivity contribution in [2.24, 2.45) is 0 Å². The van der Waals surface area contributed by atoms with E-state index in [-0.39, 0.29) is 5.91 Å². The number of hydrogen-bond acceptors (Lipinski definition) is 5. The minimum absolute atomic E-state index is 0.0770. The Balaban J connectivity index is 1.66. The maximum absolute atomic E-state index is 11.2. The summed E-state index contributed by atoms with van der Waals surface area (Å²) in [7, 11) is 0. The van der Waals surface area contributed by atoms with Crippen molar-refractivity contribution in [2.75, 3.05) is 23.3 Å². The van der Waals surface area contributed by atoms with Crippen molar-refractivity contribution in [1.82, 2.24) is 19.7 Å². The van der Waals surface area contributed by atoms with Gasteiger partial charge >= 0.3 is 0 Å². The molecule has 0 atom stereocenters. The summed E-state index contributed by atoms with van der Waals surface area (Å²) in [5.41, 5.74) is 0. The Kier molecular flexibility index (Phi) is 3.81. The zero-order valence-corrected chi connectivity index (χ0v) is 11.9. The lowest BCUT2D eigenvalue weighted by molar-refractivity contribution is -0.114. The molecule has 1 saturated heterocycles. The lowest BCUT2D eigenvalue weighted by atomic mass is 10.1. The Morgan fingerprint density at radius 1 is 1.24 bits per heavy atom. The van der Waals surface area contributed by atoms with Gasteiger partial charge in [0.25, 0.3) is 0 Å². The molecule has 0 bridgehead atoms. The van der Waals surface area contributed by atoms with Crippen molar-refractivity contribution in [3.05, 3.63) is 30.7 Å². The molecule has 1 N–H and O–H groups in total. The zero-order chi connectivity index (χ0) is 14.7. The van der Waals surface area contributed by atoms with E-state index in [0.717, 1.165) is 37.7 Å². The first-order valence-electron chi connectivity index (χ1n) is 7.07. The van der Waals surface area contributed by atoms with Crippen LogP contribution in [0, 0.1) is 0 Å². The second-order valence-electron chi connectivity index (χ2n) is 5.11. The minimum atomic E-state index is -0.0770. The molecule has 110 valence electrons. The normalized spacial score (nSPS) is 16.0. The average molecular weight is 286 g/mol. The number of carbonyl (C=O) groups is 1. The van der Waals surface area contributed by atoms with Gasteiger partial charge in [0.1, 0.15) is 5.82 Å². The molecule has 3 heterocycles. The van der Waals surface area contributed by atoms with Gasteiger partial charge in [0.05, 0.1) is 12.2 Å². The summed E-state index contributed by atoms with van der Waals surface area (Å²) >= 11 is 0. The number of anilines is 2. The molecule has 3 rings (SSSR count). The molecule has 2 aromatic heterocycles. The van der Waals surface area contributed by atoms with Crippen LogP contribution in [-0.2, 0) is 4.79 Å². The largest absolute Gasteiger partial charge is 0.341 e. The standard InChI is InChI=1S/C14H18N6O/c1-11(21)18-13-3-8-17-20(13)12-4-9-19(10-5-12)14-15-6-2-7-16-14/h2-3,6-8,12H,4-5,9-10H2,1H3,(H,18,21). The Hall–Kier alpha value is -2.44. The van der Waals surface area contributed by atoms with Crippen molar-refractivity contribution in [1.29, 1.82) is 0 Å². The van der Waals surface area contributed by atoms with Gasteiger partial charge in [-0.15, -0.1) is 0 Å². The van der Waals surface area contributed by atoms with E-state index in [9.17, 15) is 4.79 Å². The molecule has 1 aliphatic heterocycles. The average Bonchev–Trinajstić information content (AvgIpc) is 2.96. The van der Waals surface area contributed by atoms with Crippen LogP contribution in [0.3, 0.4) is 0 Å². The highest BCUT2D eigenvalue weighted by Gasteiger charge is 2.24. The molecule has 2 aromatic rings.